The molecule has 3 aromatic rings. The molecular formula is C26H29ClN2. The molecule has 1 saturated carbocycles. The average molecular weight is 405 g/mol. The van der Waals surface area contributed by atoms with Crippen molar-refractivity contribution in [2.24, 2.45) is 0 Å². The summed E-state index contributed by atoms with van der Waals surface area (Å²) in [5.41, 5.74) is 7.15. The standard InChI is InChI=1S/C26H29ClN2/c1-19(2)25-14-13-24(18-26(25)28-22-10-4-3-5-11-22)29-15-7-12-23(29)17-20-8-6-9-21(27)16-20/h6-9,12-16,18,22,28H,1,3-5,10-11,17H2,2H3. The highest BCUT2D eigenvalue weighted by Crippen LogP contribution is 2.30. The predicted octanol–water partition coefficient (Wildman–Crippen LogP) is 7.50. The fraction of sp³-hybridized carbons (Fsp3) is 0.308. The minimum Gasteiger partial charge on any atom is -0.382 e. The summed E-state index contributed by atoms with van der Waals surface area (Å²) < 4.78 is 2.27. The lowest BCUT2D eigenvalue weighted by atomic mass is 9.94. The topological polar surface area (TPSA) is 17.0 Å². The van der Waals surface area contributed by atoms with Gasteiger partial charge in [0.2, 0.25) is 0 Å². The number of aromatic nitrogens is 1. The van der Waals surface area contributed by atoms with E-state index in [-0.39, 0.29) is 0 Å². The molecule has 1 aromatic heterocycles. The van der Waals surface area contributed by atoms with Crippen LogP contribution in [0.4, 0.5) is 5.69 Å². The molecule has 2 aromatic carbocycles. The van der Waals surface area contributed by atoms with E-state index in [1.54, 1.807) is 0 Å². The lowest BCUT2D eigenvalue weighted by Crippen LogP contribution is -2.23. The Balaban J connectivity index is 1.64. The summed E-state index contributed by atoms with van der Waals surface area (Å²) in [6, 6.07) is 19.6. The average Bonchev–Trinajstić information content (AvgIpc) is 3.16. The lowest BCUT2D eigenvalue weighted by molar-refractivity contribution is 0.462. The van der Waals surface area contributed by atoms with Crippen molar-refractivity contribution in [2.75, 3.05) is 5.32 Å². The molecule has 2 nitrogen and oxygen atoms in total. The Morgan fingerprint density at radius 3 is 2.66 bits per heavy atom. The first-order valence-electron chi connectivity index (χ1n) is 10.6. The highest BCUT2D eigenvalue weighted by molar-refractivity contribution is 6.30. The number of benzene rings is 2. The predicted molar refractivity (Wildman–Crippen MR) is 125 cm³/mol. The van der Waals surface area contributed by atoms with Gasteiger partial charge in [0.05, 0.1) is 0 Å². The van der Waals surface area contributed by atoms with E-state index in [9.17, 15) is 0 Å². The van der Waals surface area contributed by atoms with E-state index in [2.05, 4.69) is 66.0 Å². The highest BCUT2D eigenvalue weighted by Gasteiger charge is 2.16. The molecule has 0 atom stereocenters. The number of hydrogen-bond donors (Lipinski definition) is 1. The fourth-order valence-corrected chi connectivity index (χ4v) is 4.52. The number of hydrogen-bond acceptors (Lipinski definition) is 1. The SMILES string of the molecule is C=C(C)c1ccc(-n2cccc2Cc2cccc(Cl)c2)cc1NC1CCCCC1. The summed E-state index contributed by atoms with van der Waals surface area (Å²) in [6.07, 6.45) is 9.50. The maximum absolute atomic E-state index is 6.18. The number of rotatable bonds is 6. The van der Waals surface area contributed by atoms with Crippen molar-refractivity contribution in [3.05, 3.63) is 89.2 Å². The molecule has 3 heteroatoms. The third-order valence-electron chi connectivity index (χ3n) is 5.81. The van der Waals surface area contributed by atoms with E-state index in [0.717, 1.165) is 17.0 Å². The van der Waals surface area contributed by atoms with E-state index >= 15 is 0 Å². The molecule has 0 spiro atoms. The van der Waals surface area contributed by atoms with Gasteiger partial charge in [-0.3, -0.25) is 0 Å². The summed E-state index contributed by atoms with van der Waals surface area (Å²) in [6.45, 7) is 6.28. The van der Waals surface area contributed by atoms with Crippen LogP contribution >= 0.6 is 11.6 Å². The smallest absolute Gasteiger partial charge is 0.0473 e. The van der Waals surface area contributed by atoms with Crippen molar-refractivity contribution >= 4 is 22.9 Å². The molecular weight excluding hydrogens is 376 g/mol. The van der Waals surface area contributed by atoms with E-state index in [1.165, 1.54) is 60.3 Å². The van der Waals surface area contributed by atoms with Gasteiger partial charge in [0.1, 0.15) is 0 Å². The molecule has 1 fully saturated rings. The summed E-state index contributed by atoms with van der Waals surface area (Å²) in [4.78, 5) is 0. The first-order valence-corrected chi connectivity index (χ1v) is 11.0. The summed E-state index contributed by atoms with van der Waals surface area (Å²) in [5.74, 6) is 0. The quantitative estimate of drug-likeness (QED) is 0.450. The summed E-state index contributed by atoms with van der Waals surface area (Å²) >= 11 is 6.18. The van der Waals surface area contributed by atoms with Gasteiger partial charge in [-0.05, 0) is 67.3 Å². The Hall–Kier alpha value is -2.45. The van der Waals surface area contributed by atoms with Crippen LogP contribution in [-0.4, -0.2) is 10.6 Å². The van der Waals surface area contributed by atoms with Crippen LogP contribution in [0.15, 0.2) is 67.4 Å². The summed E-state index contributed by atoms with van der Waals surface area (Å²) in [5, 5.41) is 4.60. The van der Waals surface area contributed by atoms with Crippen molar-refractivity contribution in [3.8, 4) is 5.69 Å². The Morgan fingerprint density at radius 2 is 1.90 bits per heavy atom. The summed E-state index contributed by atoms with van der Waals surface area (Å²) in [7, 11) is 0. The Labute approximate surface area is 179 Å². The molecule has 0 unspecified atom stereocenters. The van der Waals surface area contributed by atoms with Gasteiger partial charge >= 0.3 is 0 Å². The molecule has 0 bridgehead atoms. The minimum atomic E-state index is 0.563. The van der Waals surface area contributed by atoms with Crippen molar-refractivity contribution in [1.82, 2.24) is 4.57 Å². The number of allylic oxidation sites excluding steroid dienone is 1. The van der Waals surface area contributed by atoms with Gasteiger partial charge in [0.15, 0.2) is 0 Å². The maximum atomic E-state index is 6.18. The van der Waals surface area contributed by atoms with Gasteiger partial charge in [-0.2, -0.15) is 0 Å². The van der Waals surface area contributed by atoms with E-state index in [0.29, 0.717) is 6.04 Å². The molecule has 1 aliphatic rings. The van der Waals surface area contributed by atoms with Crippen molar-refractivity contribution < 1.29 is 0 Å². The molecule has 0 saturated heterocycles. The largest absolute Gasteiger partial charge is 0.382 e. The van der Waals surface area contributed by atoms with Crippen LogP contribution in [-0.2, 0) is 6.42 Å². The second-order valence-electron chi connectivity index (χ2n) is 8.17. The van der Waals surface area contributed by atoms with Crippen LogP contribution in [0.1, 0.15) is 55.8 Å². The Bertz CT molecular complexity index is 995. The molecule has 150 valence electrons. The zero-order valence-electron chi connectivity index (χ0n) is 17.1. The van der Waals surface area contributed by atoms with Crippen LogP contribution in [0.25, 0.3) is 11.3 Å². The molecule has 29 heavy (non-hydrogen) atoms. The van der Waals surface area contributed by atoms with Gasteiger partial charge in [0.25, 0.3) is 0 Å². The van der Waals surface area contributed by atoms with E-state index in [4.69, 9.17) is 11.6 Å². The number of halogens is 1. The normalized spacial score (nSPS) is 14.7. The second-order valence-corrected chi connectivity index (χ2v) is 8.60. The molecule has 0 radical (unpaired) electrons. The van der Waals surface area contributed by atoms with Gasteiger partial charge in [-0.1, -0.05) is 55.6 Å². The van der Waals surface area contributed by atoms with Crippen LogP contribution < -0.4 is 5.32 Å². The maximum Gasteiger partial charge on any atom is 0.0473 e. The number of nitrogens with one attached hydrogen (secondary N) is 1. The minimum absolute atomic E-state index is 0.563. The first kappa shape index (κ1) is 19.8. The second kappa shape index (κ2) is 8.92. The van der Waals surface area contributed by atoms with Gasteiger partial charge in [-0.15, -0.1) is 0 Å². The number of anilines is 1. The highest BCUT2D eigenvalue weighted by atomic mass is 35.5. The molecule has 0 aliphatic heterocycles. The van der Waals surface area contributed by atoms with Gasteiger partial charge in [-0.25, -0.2) is 0 Å². The first-order chi connectivity index (χ1) is 14.1. The third kappa shape index (κ3) is 4.76. The van der Waals surface area contributed by atoms with Crippen LogP contribution in [0.2, 0.25) is 5.02 Å². The van der Waals surface area contributed by atoms with Crippen molar-refractivity contribution in [2.45, 2.75) is 51.5 Å². The van der Waals surface area contributed by atoms with Gasteiger partial charge < -0.3 is 9.88 Å². The zero-order valence-corrected chi connectivity index (χ0v) is 17.9. The molecule has 1 N–H and O–H groups in total. The van der Waals surface area contributed by atoms with Gasteiger partial charge in [0, 0.05) is 46.3 Å². The Kier molecular flexibility index (Phi) is 6.10. The monoisotopic (exact) mass is 404 g/mol. The zero-order chi connectivity index (χ0) is 20.2. The van der Waals surface area contributed by atoms with Crippen molar-refractivity contribution in [1.29, 1.82) is 0 Å². The molecule has 4 rings (SSSR count). The number of nitrogens with zero attached hydrogens (tertiary/aromatic N) is 1. The van der Waals surface area contributed by atoms with Crippen LogP contribution in [0, 0.1) is 0 Å². The fourth-order valence-electron chi connectivity index (χ4n) is 4.31. The van der Waals surface area contributed by atoms with Crippen LogP contribution in [0.3, 0.4) is 0 Å². The third-order valence-corrected chi connectivity index (χ3v) is 6.05. The molecule has 1 aliphatic carbocycles. The Morgan fingerprint density at radius 1 is 1.07 bits per heavy atom. The molecule has 1 heterocycles. The molecule has 0 amide bonds. The van der Waals surface area contributed by atoms with E-state index in [1.807, 2.05) is 18.2 Å². The van der Waals surface area contributed by atoms with Crippen LogP contribution in [0.5, 0.6) is 0 Å². The van der Waals surface area contributed by atoms with Crippen molar-refractivity contribution in [3.63, 3.8) is 0 Å². The lowest BCUT2D eigenvalue weighted by Gasteiger charge is -2.26. The van der Waals surface area contributed by atoms with E-state index < -0.39 is 0 Å².